The number of aryl methyl sites for hydroxylation is 1. The van der Waals surface area contributed by atoms with Crippen LogP contribution in [0.4, 0.5) is 0 Å². The van der Waals surface area contributed by atoms with Crippen LogP contribution < -0.4 is 4.72 Å². The molecule has 0 radical (unpaired) electrons. The van der Waals surface area contributed by atoms with Crippen molar-refractivity contribution in [2.45, 2.75) is 24.8 Å². The summed E-state index contributed by atoms with van der Waals surface area (Å²) in [6.07, 6.45) is 0.895. The van der Waals surface area contributed by atoms with Gasteiger partial charge in [0, 0.05) is 11.0 Å². The molecule has 20 heavy (non-hydrogen) atoms. The summed E-state index contributed by atoms with van der Waals surface area (Å²) in [6, 6.07) is 14.5. The summed E-state index contributed by atoms with van der Waals surface area (Å²) in [7, 11) is -3.46. The summed E-state index contributed by atoms with van der Waals surface area (Å²) in [5.41, 5.74) is 2.04. The lowest BCUT2D eigenvalue weighted by atomic mass is 10.2. The van der Waals surface area contributed by atoms with E-state index in [1.807, 2.05) is 43.3 Å². The van der Waals surface area contributed by atoms with Gasteiger partial charge in [0.1, 0.15) is 0 Å². The molecular weight excluding hydrogens is 338 g/mol. The topological polar surface area (TPSA) is 46.2 Å². The van der Waals surface area contributed by atoms with Gasteiger partial charge in [-0.2, -0.15) is 0 Å². The van der Waals surface area contributed by atoms with E-state index in [1.54, 1.807) is 12.1 Å². The van der Waals surface area contributed by atoms with Gasteiger partial charge in [-0.25, -0.2) is 13.1 Å². The van der Waals surface area contributed by atoms with E-state index >= 15 is 0 Å². The van der Waals surface area contributed by atoms with Crippen molar-refractivity contribution >= 4 is 26.0 Å². The molecule has 3 nitrogen and oxygen atoms in total. The largest absolute Gasteiger partial charge is 0.240 e. The minimum atomic E-state index is -3.46. The molecule has 0 fully saturated rings. The number of benzene rings is 2. The van der Waals surface area contributed by atoms with Gasteiger partial charge in [-0.1, -0.05) is 47.1 Å². The summed E-state index contributed by atoms with van der Waals surface area (Å²) >= 11 is 3.35. The summed E-state index contributed by atoms with van der Waals surface area (Å²) in [5, 5.41) is 0. The first kappa shape index (κ1) is 15.2. The van der Waals surface area contributed by atoms with E-state index in [4.69, 9.17) is 0 Å². The lowest BCUT2D eigenvalue weighted by Crippen LogP contribution is -2.23. The van der Waals surface area contributed by atoms with Crippen LogP contribution in [0.2, 0.25) is 0 Å². The zero-order valence-electron chi connectivity index (χ0n) is 11.1. The van der Waals surface area contributed by atoms with Gasteiger partial charge in [-0.15, -0.1) is 0 Å². The van der Waals surface area contributed by atoms with Crippen molar-refractivity contribution in [2.24, 2.45) is 0 Å². The Kier molecular flexibility index (Phi) is 4.96. The van der Waals surface area contributed by atoms with E-state index in [2.05, 4.69) is 20.7 Å². The second-order valence-electron chi connectivity index (χ2n) is 4.45. The fraction of sp³-hybridized carbons (Fsp3) is 0.200. The maximum Gasteiger partial charge on any atom is 0.240 e. The third-order valence-electron chi connectivity index (χ3n) is 3.02. The predicted molar refractivity (Wildman–Crippen MR) is 84.0 cm³/mol. The number of sulfonamides is 1. The Balaban J connectivity index is 2.08. The molecular formula is C15H16BrNO2S. The first-order valence-corrected chi connectivity index (χ1v) is 8.62. The van der Waals surface area contributed by atoms with Crippen LogP contribution >= 0.6 is 15.9 Å². The van der Waals surface area contributed by atoms with Crippen molar-refractivity contribution in [2.75, 3.05) is 0 Å². The molecule has 0 amide bonds. The predicted octanol–water partition coefficient (Wildman–Crippen LogP) is 3.49. The third kappa shape index (κ3) is 3.91. The Morgan fingerprint density at radius 3 is 2.05 bits per heavy atom. The highest BCUT2D eigenvalue weighted by molar-refractivity contribution is 9.10. The Labute approximate surface area is 128 Å². The number of hydrogen-bond acceptors (Lipinski definition) is 2. The lowest BCUT2D eigenvalue weighted by Gasteiger charge is -2.07. The van der Waals surface area contributed by atoms with Gasteiger partial charge in [0.05, 0.1) is 4.90 Å². The maximum atomic E-state index is 12.2. The molecule has 2 aromatic rings. The van der Waals surface area contributed by atoms with Crippen molar-refractivity contribution in [3.8, 4) is 0 Å². The molecule has 106 valence electrons. The molecule has 0 unspecified atom stereocenters. The molecule has 0 bridgehead atoms. The van der Waals surface area contributed by atoms with Crippen LogP contribution in [0.3, 0.4) is 0 Å². The standard InChI is InChI=1S/C15H16BrNO2S/c1-2-12-5-9-15(10-6-12)20(18,19)17-11-13-3-7-14(16)8-4-13/h3-10,17H,2,11H2,1H3. The van der Waals surface area contributed by atoms with Crippen LogP contribution in [-0.4, -0.2) is 8.42 Å². The van der Waals surface area contributed by atoms with Crippen molar-refractivity contribution < 1.29 is 8.42 Å². The molecule has 0 aliphatic rings. The molecule has 5 heteroatoms. The molecule has 2 rings (SSSR count). The van der Waals surface area contributed by atoms with Crippen LogP contribution in [0.1, 0.15) is 18.1 Å². The highest BCUT2D eigenvalue weighted by atomic mass is 79.9. The van der Waals surface area contributed by atoms with Gasteiger partial charge in [-0.05, 0) is 41.8 Å². The molecule has 0 heterocycles. The average Bonchev–Trinajstić information content (AvgIpc) is 2.47. The zero-order valence-corrected chi connectivity index (χ0v) is 13.5. The summed E-state index contributed by atoms with van der Waals surface area (Å²) in [4.78, 5) is 0.298. The van der Waals surface area contributed by atoms with E-state index in [1.165, 1.54) is 0 Å². The molecule has 1 N–H and O–H groups in total. The second-order valence-corrected chi connectivity index (χ2v) is 7.13. The highest BCUT2D eigenvalue weighted by Gasteiger charge is 2.13. The Morgan fingerprint density at radius 1 is 0.950 bits per heavy atom. The zero-order chi connectivity index (χ0) is 14.6. The molecule has 0 saturated carbocycles. The summed E-state index contributed by atoms with van der Waals surface area (Å²) < 4.78 is 27.9. The van der Waals surface area contributed by atoms with Crippen LogP contribution in [0.5, 0.6) is 0 Å². The SMILES string of the molecule is CCc1ccc(S(=O)(=O)NCc2ccc(Br)cc2)cc1. The fourth-order valence-electron chi connectivity index (χ4n) is 1.77. The fourth-order valence-corrected chi connectivity index (χ4v) is 3.05. The molecule has 0 aliphatic carbocycles. The Bertz CT molecular complexity index is 664. The van der Waals surface area contributed by atoms with E-state index in [0.717, 1.165) is 22.0 Å². The molecule has 0 atom stereocenters. The molecule has 0 aromatic heterocycles. The maximum absolute atomic E-state index is 12.2. The first-order valence-electron chi connectivity index (χ1n) is 6.34. The molecule has 0 aliphatic heterocycles. The van der Waals surface area contributed by atoms with Crippen LogP contribution in [-0.2, 0) is 23.0 Å². The van der Waals surface area contributed by atoms with Gasteiger partial charge in [0.15, 0.2) is 0 Å². The monoisotopic (exact) mass is 353 g/mol. The summed E-state index contributed by atoms with van der Waals surface area (Å²) in [6.45, 7) is 2.32. The van der Waals surface area contributed by atoms with Crippen molar-refractivity contribution in [1.29, 1.82) is 0 Å². The second kappa shape index (κ2) is 6.52. The Morgan fingerprint density at radius 2 is 1.50 bits per heavy atom. The van der Waals surface area contributed by atoms with Crippen molar-refractivity contribution in [1.82, 2.24) is 4.72 Å². The lowest BCUT2D eigenvalue weighted by molar-refractivity contribution is 0.581. The first-order chi connectivity index (χ1) is 9.51. The van der Waals surface area contributed by atoms with Gasteiger partial charge in [0.2, 0.25) is 10.0 Å². The molecule has 0 saturated heterocycles. The van der Waals surface area contributed by atoms with E-state index < -0.39 is 10.0 Å². The van der Waals surface area contributed by atoms with Crippen LogP contribution in [0.15, 0.2) is 57.9 Å². The van der Waals surface area contributed by atoms with Crippen molar-refractivity contribution in [3.63, 3.8) is 0 Å². The average molecular weight is 354 g/mol. The molecule has 2 aromatic carbocycles. The molecule has 0 spiro atoms. The highest BCUT2D eigenvalue weighted by Crippen LogP contribution is 2.13. The normalized spacial score (nSPS) is 11.5. The smallest absolute Gasteiger partial charge is 0.207 e. The summed E-state index contributed by atoms with van der Waals surface area (Å²) in [5.74, 6) is 0. The van der Waals surface area contributed by atoms with E-state index in [0.29, 0.717) is 4.90 Å². The number of rotatable bonds is 5. The van der Waals surface area contributed by atoms with E-state index in [-0.39, 0.29) is 6.54 Å². The number of hydrogen-bond donors (Lipinski definition) is 1. The third-order valence-corrected chi connectivity index (χ3v) is 4.97. The van der Waals surface area contributed by atoms with Gasteiger partial charge >= 0.3 is 0 Å². The quantitative estimate of drug-likeness (QED) is 0.894. The minimum absolute atomic E-state index is 0.283. The number of nitrogens with one attached hydrogen (secondary N) is 1. The van der Waals surface area contributed by atoms with Gasteiger partial charge < -0.3 is 0 Å². The van der Waals surface area contributed by atoms with Gasteiger partial charge in [0.25, 0.3) is 0 Å². The van der Waals surface area contributed by atoms with Crippen LogP contribution in [0, 0.1) is 0 Å². The van der Waals surface area contributed by atoms with E-state index in [9.17, 15) is 8.42 Å². The minimum Gasteiger partial charge on any atom is -0.207 e. The Hall–Kier alpha value is -1.17. The van der Waals surface area contributed by atoms with Crippen LogP contribution in [0.25, 0.3) is 0 Å². The van der Waals surface area contributed by atoms with Gasteiger partial charge in [-0.3, -0.25) is 0 Å². The van der Waals surface area contributed by atoms with Crippen molar-refractivity contribution in [3.05, 3.63) is 64.1 Å². The number of halogens is 1.